The van der Waals surface area contributed by atoms with Crippen molar-refractivity contribution in [2.24, 2.45) is 5.73 Å². The molecule has 32 heavy (non-hydrogen) atoms. The highest BCUT2D eigenvalue weighted by Gasteiger charge is 2.29. The van der Waals surface area contributed by atoms with Gasteiger partial charge in [-0.1, -0.05) is 24.3 Å². The van der Waals surface area contributed by atoms with E-state index in [9.17, 15) is 13.6 Å². The molecule has 6 nitrogen and oxygen atoms in total. The average molecular weight is 443 g/mol. The zero-order chi connectivity index (χ0) is 23.3. The molecule has 0 heterocycles. The summed E-state index contributed by atoms with van der Waals surface area (Å²) < 4.78 is 53.0. The maximum absolute atomic E-state index is 15.0. The first-order valence-corrected chi connectivity index (χ1v) is 9.45. The number of nitrogens with one attached hydrogen (secondary N) is 2. The van der Waals surface area contributed by atoms with Gasteiger partial charge in [0.25, 0.3) is 5.91 Å². The van der Waals surface area contributed by atoms with Gasteiger partial charge < -0.3 is 20.5 Å². The molecule has 1 amide bonds. The van der Waals surface area contributed by atoms with E-state index < -0.39 is 35.0 Å². The van der Waals surface area contributed by atoms with Gasteiger partial charge in [-0.25, -0.2) is 13.2 Å². The first-order chi connectivity index (χ1) is 15.3. The minimum absolute atomic E-state index is 0.0614. The largest absolute Gasteiger partial charge is 0.454 e. The molecule has 0 aliphatic heterocycles. The number of methoxy groups -OCH3 is 1. The third-order valence-corrected chi connectivity index (χ3v) is 4.60. The van der Waals surface area contributed by atoms with E-state index in [4.69, 9.17) is 20.6 Å². The Kier molecular flexibility index (Phi) is 7.11. The van der Waals surface area contributed by atoms with Crippen LogP contribution in [-0.4, -0.2) is 18.9 Å². The maximum Gasteiger partial charge on any atom is 0.254 e. The number of halogens is 3. The van der Waals surface area contributed by atoms with Crippen LogP contribution in [0.3, 0.4) is 0 Å². The molecule has 3 aromatic carbocycles. The topological polar surface area (TPSA) is 97.4 Å². The summed E-state index contributed by atoms with van der Waals surface area (Å²) in [6.07, 6.45) is -1.58. The first-order valence-electron chi connectivity index (χ1n) is 9.45. The van der Waals surface area contributed by atoms with Gasteiger partial charge in [0.15, 0.2) is 17.7 Å². The van der Waals surface area contributed by atoms with Crippen molar-refractivity contribution in [2.75, 3.05) is 7.11 Å². The third kappa shape index (κ3) is 5.25. The second kappa shape index (κ2) is 9.97. The third-order valence-electron chi connectivity index (χ3n) is 4.60. The van der Waals surface area contributed by atoms with Crippen molar-refractivity contribution in [1.29, 1.82) is 5.41 Å². The second-order valence-electron chi connectivity index (χ2n) is 6.77. The van der Waals surface area contributed by atoms with Crippen molar-refractivity contribution < 1.29 is 27.4 Å². The van der Waals surface area contributed by atoms with E-state index >= 15 is 4.39 Å². The Labute approximate surface area is 182 Å². The van der Waals surface area contributed by atoms with Crippen molar-refractivity contribution >= 4 is 11.7 Å². The summed E-state index contributed by atoms with van der Waals surface area (Å²) in [6, 6.07) is 13.4. The highest BCUT2D eigenvalue weighted by Crippen LogP contribution is 2.32. The Morgan fingerprint density at radius 1 is 1.03 bits per heavy atom. The normalized spacial score (nSPS) is 11.6. The minimum atomic E-state index is -1.58. The van der Waals surface area contributed by atoms with Gasteiger partial charge in [0.1, 0.15) is 23.2 Å². The van der Waals surface area contributed by atoms with E-state index in [2.05, 4.69) is 5.32 Å². The number of ether oxygens (including phenoxy) is 2. The van der Waals surface area contributed by atoms with E-state index in [-0.39, 0.29) is 23.9 Å². The summed E-state index contributed by atoms with van der Waals surface area (Å²) >= 11 is 0. The van der Waals surface area contributed by atoms with Gasteiger partial charge >= 0.3 is 0 Å². The van der Waals surface area contributed by atoms with Gasteiger partial charge in [-0.2, -0.15) is 0 Å². The Bertz CT molecular complexity index is 1120. The van der Waals surface area contributed by atoms with Crippen LogP contribution in [0.2, 0.25) is 0 Å². The molecule has 0 aliphatic rings. The summed E-state index contributed by atoms with van der Waals surface area (Å²) in [6.45, 7) is 0.0614. The van der Waals surface area contributed by atoms with Crippen LogP contribution in [0.4, 0.5) is 13.2 Å². The summed E-state index contributed by atoms with van der Waals surface area (Å²) in [5, 5.41) is 9.95. The molecular weight excluding hydrogens is 423 g/mol. The molecule has 3 aromatic rings. The van der Waals surface area contributed by atoms with Crippen LogP contribution in [-0.2, 0) is 16.1 Å². The first kappa shape index (κ1) is 22.8. The summed E-state index contributed by atoms with van der Waals surface area (Å²) in [5.41, 5.74) is 6.00. The lowest BCUT2D eigenvalue weighted by Gasteiger charge is -2.18. The van der Waals surface area contributed by atoms with E-state index in [0.29, 0.717) is 11.1 Å². The number of amides is 1. The van der Waals surface area contributed by atoms with E-state index in [1.165, 1.54) is 12.1 Å². The van der Waals surface area contributed by atoms with E-state index in [1.54, 1.807) is 24.3 Å². The highest BCUT2D eigenvalue weighted by molar-refractivity contribution is 5.94. The molecule has 3 rings (SSSR count). The number of hydrogen-bond acceptors (Lipinski definition) is 4. The molecule has 0 aromatic heterocycles. The van der Waals surface area contributed by atoms with Gasteiger partial charge in [-0.3, -0.25) is 10.2 Å². The summed E-state index contributed by atoms with van der Waals surface area (Å²) in [7, 11) is 1.15. The number of hydrogen-bond donors (Lipinski definition) is 3. The lowest BCUT2D eigenvalue weighted by molar-refractivity contribution is -0.131. The quantitative estimate of drug-likeness (QED) is 0.359. The average Bonchev–Trinajstić information content (AvgIpc) is 2.78. The molecule has 1 unspecified atom stereocenters. The lowest BCUT2D eigenvalue weighted by atomic mass is 10.1. The van der Waals surface area contributed by atoms with Gasteiger partial charge in [-0.15, -0.1) is 0 Å². The van der Waals surface area contributed by atoms with Crippen LogP contribution in [0, 0.1) is 22.9 Å². The van der Waals surface area contributed by atoms with Crippen LogP contribution in [0.15, 0.2) is 60.7 Å². The fraction of sp³-hybridized carbons (Fsp3) is 0.130. The molecule has 0 spiro atoms. The number of benzene rings is 3. The van der Waals surface area contributed by atoms with Crippen molar-refractivity contribution in [2.45, 2.75) is 12.6 Å². The molecule has 0 radical (unpaired) electrons. The highest BCUT2D eigenvalue weighted by atomic mass is 19.1. The zero-order valence-electron chi connectivity index (χ0n) is 17.0. The summed E-state index contributed by atoms with van der Waals surface area (Å²) in [4.78, 5) is 12.6. The van der Waals surface area contributed by atoms with Crippen molar-refractivity contribution in [3.05, 3.63) is 94.8 Å². The van der Waals surface area contributed by atoms with Crippen molar-refractivity contribution in [3.8, 4) is 11.5 Å². The Morgan fingerprint density at radius 3 is 2.28 bits per heavy atom. The second-order valence-corrected chi connectivity index (χ2v) is 6.77. The molecule has 1 atom stereocenters. The number of carbonyl (C=O) groups excluding carboxylic acids is 1. The monoisotopic (exact) mass is 443 g/mol. The van der Waals surface area contributed by atoms with Gasteiger partial charge in [-0.05, 0) is 42.0 Å². The molecule has 0 aliphatic carbocycles. The maximum atomic E-state index is 15.0. The van der Waals surface area contributed by atoms with Gasteiger partial charge in [0.05, 0.1) is 5.56 Å². The fourth-order valence-corrected chi connectivity index (χ4v) is 2.94. The zero-order valence-corrected chi connectivity index (χ0v) is 17.0. The Morgan fingerprint density at radius 2 is 1.69 bits per heavy atom. The van der Waals surface area contributed by atoms with Crippen molar-refractivity contribution in [3.63, 3.8) is 0 Å². The summed E-state index contributed by atoms with van der Waals surface area (Å²) in [5.74, 6) is -3.65. The van der Waals surface area contributed by atoms with E-state index in [1.807, 2.05) is 0 Å². The predicted molar refractivity (Wildman–Crippen MR) is 112 cm³/mol. The van der Waals surface area contributed by atoms with Crippen LogP contribution in [0.1, 0.15) is 22.8 Å². The van der Waals surface area contributed by atoms with Gasteiger partial charge in [0.2, 0.25) is 0 Å². The minimum Gasteiger partial charge on any atom is -0.454 e. The molecule has 0 saturated carbocycles. The number of nitrogen functional groups attached to an aromatic ring is 1. The fourth-order valence-electron chi connectivity index (χ4n) is 2.94. The number of carbonyl (C=O) groups is 1. The standard InChI is InChI=1S/C23H20F3N3O3/c1-31-21(23(30)29-12-13-2-4-14(5-3-13)22(27)28)19-17(25)10-11-18(20(19)26)32-16-8-6-15(24)7-9-16/h2-11,21H,12H2,1H3,(H3,27,28)(H,29,30). The molecule has 166 valence electrons. The number of amidine groups is 1. The van der Waals surface area contributed by atoms with E-state index in [0.717, 1.165) is 31.4 Å². The van der Waals surface area contributed by atoms with Crippen LogP contribution >= 0.6 is 0 Å². The van der Waals surface area contributed by atoms with Crippen LogP contribution < -0.4 is 15.8 Å². The molecule has 4 N–H and O–H groups in total. The predicted octanol–water partition coefficient (Wildman–Crippen LogP) is 4.18. The van der Waals surface area contributed by atoms with Gasteiger partial charge in [0, 0.05) is 19.2 Å². The number of nitrogens with two attached hydrogens (primary N) is 1. The van der Waals surface area contributed by atoms with Crippen LogP contribution in [0.5, 0.6) is 11.5 Å². The molecule has 0 saturated heterocycles. The molecular formula is C23H20F3N3O3. The van der Waals surface area contributed by atoms with Crippen molar-refractivity contribution in [1.82, 2.24) is 5.32 Å². The Balaban J connectivity index is 1.78. The lowest BCUT2D eigenvalue weighted by Crippen LogP contribution is -2.31. The SMILES string of the molecule is COC(C(=O)NCc1ccc(C(=N)N)cc1)c1c(F)ccc(Oc2ccc(F)cc2)c1F. The smallest absolute Gasteiger partial charge is 0.254 e. The molecule has 0 fully saturated rings. The number of rotatable bonds is 8. The van der Waals surface area contributed by atoms with Crippen LogP contribution in [0.25, 0.3) is 0 Å². The molecule has 0 bridgehead atoms. The Hall–Kier alpha value is -3.85. The molecule has 9 heteroatoms.